The van der Waals surface area contributed by atoms with Gasteiger partial charge in [0, 0.05) is 16.8 Å². The van der Waals surface area contributed by atoms with Crippen LogP contribution in [0.3, 0.4) is 0 Å². The molecule has 0 radical (unpaired) electrons. The Balaban J connectivity index is 1.75. The van der Waals surface area contributed by atoms with Crippen LogP contribution in [0.4, 0.5) is 5.69 Å². The summed E-state index contributed by atoms with van der Waals surface area (Å²) in [5.41, 5.74) is 3.50. The molecule has 0 spiro atoms. The van der Waals surface area contributed by atoms with Crippen molar-refractivity contribution >= 4 is 11.6 Å². The van der Waals surface area contributed by atoms with Gasteiger partial charge in [0.2, 0.25) is 0 Å². The standard InChI is InChI=1S/C26H29NO3/c1-5-29-24-16-11-19(25(28)27-22-9-7-6-8-10-22)17-20(24)18-30-23-14-12-21(13-15-23)26(2,3)4/h6-17H,5,18H2,1-4H3,(H,27,28). The third kappa shape index (κ3) is 5.63. The third-order valence-corrected chi connectivity index (χ3v) is 4.77. The molecule has 0 fully saturated rings. The maximum atomic E-state index is 12.6. The molecule has 3 aromatic carbocycles. The Labute approximate surface area is 178 Å². The first-order valence-corrected chi connectivity index (χ1v) is 10.2. The first kappa shape index (κ1) is 21.4. The zero-order valence-electron chi connectivity index (χ0n) is 18.1. The zero-order valence-corrected chi connectivity index (χ0v) is 18.1. The van der Waals surface area contributed by atoms with Gasteiger partial charge in [0.05, 0.1) is 6.61 Å². The molecule has 0 unspecified atom stereocenters. The molecule has 0 aliphatic heterocycles. The molecule has 3 aromatic rings. The van der Waals surface area contributed by atoms with Crippen LogP contribution in [0.2, 0.25) is 0 Å². The summed E-state index contributed by atoms with van der Waals surface area (Å²) < 4.78 is 11.7. The summed E-state index contributed by atoms with van der Waals surface area (Å²) in [6.45, 7) is 9.35. The summed E-state index contributed by atoms with van der Waals surface area (Å²) in [4.78, 5) is 12.6. The van der Waals surface area contributed by atoms with Crippen molar-refractivity contribution in [2.24, 2.45) is 0 Å². The van der Waals surface area contributed by atoms with Crippen molar-refractivity contribution in [1.29, 1.82) is 0 Å². The Bertz CT molecular complexity index is 973. The molecule has 0 atom stereocenters. The number of carbonyl (C=O) groups is 1. The highest BCUT2D eigenvalue weighted by atomic mass is 16.5. The molecule has 0 saturated heterocycles. The number of ether oxygens (including phenoxy) is 2. The van der Waals surface area contributed by atoms with Crippen LogP contribution in [0.15, 0.2) is 72.8 Å². The van der Waals surface area contributed by atoms with Crippen LogP contribution < -0.4 is 14.8 Å². The molecule has 1 amide bonds. The summed E-state index contributed by atoms with van der Waals surface area (Å²) in [7, 11) is 0. The Morgan fingerprint density at radius 2 is 1.60 bits per heavy atom. The van der Waals surface area contributed by atoms with Crippen LogP contribution in [0.25, 0.3) is 0 Å². The van der Waals surface area contributed by atoms with Crippen LogP contribution >= 0.6 is 0 Å². The van der Waals surface area contributed by atoms with Gasteiger partial charge in [-0.2, -0.15) is 0 Å². The van der Waals surface area contributed by atoms with Crippen molar-refractivity contribution in [3.8, 4) is 11.5 Å². The minimum Gasteiger partial charge on any atom is -0.493 e. The van der Waals surface area contributed by atoms with Crippen LogP contribution in [-0.4, -0.2) is 12.5 Å². The van der Waals surface area contributed by atoms with Gasteiger partial charge in [-0.1, -0.05) is 51.1 Å². The third-order valence-electron chi connectivity index (χ3n) is 4.77. The number of anilines is 1. The average molecular weight is 404 g/mol. The molecule has 0 aliphatic rings. The van der Waals surface area contributed by atoms with Crippen LogP contribution in [0.1, 0.15) is 49.2 Å². The van der Waals surface area contributed by atoms with Crippen molar-refractivity contribution in [3.63, 3.8) is 0 Å². The van der Waals surface area contributed by atoms with Crippen LogP contribution in [0, 0.1) is 0 Å². The fourth-order valence-electron chi connectivity index (χ4n) is 3.07. The molecule has 4 nitrogen and oxygen atoms in total. The number of hydrogen-bond donors (Lipinski definition) is 1. The second-order valence-electron chi connectivity index (χ2n) is 8.14. The molecule has 4 heteroatoms. The second kappa shape index (κ2) is 9.49. The SMILES string of the molecule is CCOc1ccc(C(=O)Nc2ccccc2)cc1COc1ccc(C(C)(C)C)cc1. The van der Waals surface area contributed by atoms with Crippen molar-refractivity contribution in [3.05, 3.63) is 89.5 Å². The van der Waals surface area contributed by atoms with Gasteiger partial charge in [-0.05, 0) is 60.4 Å². The number of amides is 1. The largest absolute Gasteiger partial charge is 0.493 e. The summed E-state index contributed by atoms with van der Waals surface area (Å²) in [5.74, 6) is 1.34. The van der Waals surface area contributed by atoms with Crippen molar-refractivity contribution in [1.82, 2.24) is 0 Å². The highest BCUT2D eigenvalue weighted by Gasteiger charge is 2.14. The van der Waals surface area contributed by atoms with E-state index < -0.39 is 0 Å². The topological polar surface area (TPSA) is 47.6 Å². The summed E-state index contributed by atoms with van der Waals surface area (Å²) in [6.07, 6.45) is 0. The molecule has 156 valence electrons. The van der Waals surface area contributed by atoms with E-state index in [0.29, 0.717) is 18.8 Å². The predicted octanol–water partition coefficient (Wildman–Crippen LogP) is 6.21. The van der Waals surface area contributed by atoms with E-state index in [1.165, 1.54) is 5.56 Å². The molecule has 0 aliphatic carbocycles. The number of benzene rings is 3. The number of hydrogen-bond acceptors (Lipinski definition) is 3. The highest BCUT2D eigenvalue weighted by Crippen LogP contribution is 2.26. The fourth-order valence-corrected chi connectivity index (χ4v) is 3.07. The van der Waals surface area contributed by atoms with E-state index in [2.05, 4.69) is 38.2 Å². The van der Waals surface area contributed by atoms with Gasteiger partial charge >= 0.3 is 0 Å². The lowest BCUT2D eigenvalue weighted by Crippen LogP contribution is -2.13. The van der Waals surface area contributed by atoms with Gasteiger partial charge in [0.1, 0.15) is 18.1 Å². The maximum absolute atomic E-state index is 12.6. The summed E-state index contributed by atoms with van der Waals surface area (Å²) >= 11 is 0. The van der Waals surface area contributed by atoms with Gasteiger partial charge in [0.15, 0.2) is 0 Å². The van der Waals surface area contributed by atoms with Gasteiger partial charge in [0.25, 0.3) is 5.91 Å². The number of nitrogens with one attached hydrogen (secondary N) is 1. The van der Waals surface area contributed by atoms with E-state index in [0.717, 1.165) is 22.7 Å². The normalized spacial score (nSPS) is 11.1. The maximum Gasteiger partial charge on any atom is 0.255 e. The molecule has 3 rings (SSSR count). The van der Waals surface area contributed by atoms with Crippen LogP contribution in [0.5, 0.6) is 11.5 Å². The lowest BCUT2D eigenvalue weighted by Gasteiger charge is -2.19. The zero-order chi connectivity index (χ0) is 21.6. The molecule has 0 bridgehead atoms. The van der Waals surface area contributed by atoms with E-state index in [9.17, 15) is 4.79 Å². The monoisotopic (exact) mass is 403 g/mol. The highest BCUT2D eigenvalue weighted by molar-refractivity contribution is 6.04. The molecule has 1 N–H and O–H groups in total. The number of para-hydroxylation sites is 1. The van der Waals surface area contributed by atoms with Crippen LogP contribution in [-0.2, 0) is 12.0 Å². The first-order chi connectivity index (χ1) is 14.4. The lowest BCUT2D eigenvalue weighted by molar-refractivity contribution is 0.102. The van der Waals surface area contributed by atoms with Crippen molar-refractivity contribution in [2.45, 2.75) is 39.7 Å². The van der Waals surface area contributed by atoms with E-state index in [1.807, 2.05) is 61.5 Å². The average Bonchev–Trinajstić information content (AvgIpc) is 2.73. The van der Waals surface area contributed by atoms with Gasteiger partial charge in [-0.3, -0.25) is 4.79 Å². The predicted molar refractivity (Wildman–Crippen MR) is 121 cm³/mol. The molecule has 0 aromatic heterocycles. The molecular formula is C26H29NO3. The molecular weight excluding hydrogens is 374 g/mol. The van der Waals surface area contributed by atoms with Gasteiger partial charge in [-0.15, -0.1) is 0 Å². The summed E-state index contributed by atoms with van der Waals surface area (Å²) in [6, 6.07) is 23.0. The van der Waals surface area contributed by atoms with Gasteiger partial charge in [-0.25, -0.2) is 0 Å². The minimum absolute atomic E-state index is 0.0983. The van der Waals surface area contributed by atoms with E-state index in [1.54, 1.807) is 6.07 Å². The molecule has 30 heavy (non-hydrogen) atoms. The van der Waals surface area contributed by atoms with E-state index >= 15 is 0 Å². The Morgan fingerprint density at radius 3 is 2.23 bits per heavy atom. The van der Waals surface area contributed by atoms with Crippen molar-refractivity contribution in [2.75, 3.05) is 11.9 Å². The molecule has 0 heterocycles. The van der Waals surface area contributed by atoms with E-state index in [-0.39, 0.29) is 11.3 Å². The first-order valence-electron chi connectivity index (χ1n) is 10.2. The Morgan fingerprint density at radius 1 is 0.900 bits per heavy atom. The number of rotatable bonds is 7. The smallest absolute Gasteiger partial charge is 0.255 e. The minimum atomic E-state index is -0.167. The van der Waals surface area contributed by atoms with Gasteiger partial charge < -0.3 is 14.8 Å². The molecule has 0 saturated carbocycles. The Kier molecular flexibility index (Phi) is 6.78. The number of carbonyl (C=O) groups excluding carboxylic acids is 1. The lowest BCUT2D eigenvalue weighted by atomic mass is 9.87. The Hall–Kier alpha value is -3.27. The van der Waals surface area contributed by atoms with Crippen molar-refractivity contribution < 1.29 is 14.3 Å². The fraction of sp³-hybridized carbons (Fsp3) is 0.269. The van der Waals surface area contributed by atoms with E-state index in [4.69, 9.17) is 9.47 Å². The second-order valence-corrected chi connectivity index (χ2v) is 8.14. The summed E-state index contributed by atoms with van der Waals surface area (Å²) in [5, 5.41) is 2.91. The quantitative estimate of drug-likeness (QED) is 0.510.